The summed E-state index contributed by atoms with van der Waals surface area (Å²) in [6, 6.07) is 10.0. The zero-order chi connectivity index (χ0) is 23.3. The SMILES string of the molecule is CCOP(=O)(CCN1CCC(NC(CC)(NN=C=O)OCc2ccccc2)CC1)OCC. The Hall–Kier alpha value is -1.57. The van der Waals surface area contributed by atoms with Gasteiger partial charge in [-0.3, -0.25) is 15.3 Å². The molecule has 0 spiro atoms. The summed E-state index contributed by atoms with van der Waals surface area (Å²) in [5.74, 6) is -0.959. The molecule has 1 aromatic rings. The monoisotopic (exact) mass is 468 g/mol. The van der Waals surface area contributed by atoms with E-state index in [0.717, 1.165) is 31.5 Å². The molecule has 0 aromatic heterocycles. The van der Waals surface area contributed by atoms with Crippen molar-refractivity contribution >= 4 is 13.7 Å². The molecule has 1 aliphatic heterocycles. The van der Waals surface area contributed by atoms with Crippen LogP contribution >= 0.6 is 7.60 Å². The van der Waals surface area contributed by atoms with Gasteiger partial charge in [0.25, 0.3) is 6.08 Å². The van der Waals surface area contributed by atoms with Gasteiger partial charge in [0.05, 0.1) is 26.0 Å². The fourth-order valence-corrected chi connectivity index (χ4v) is 5.38. The molecule has 180 valence electrons. The smallest absolute Gasteiger partial charge is 0.331 e. The number of rotatable bonds is 15. The molecule has 1 aliphatic rings. The van der Waals surface area contributed by atoms with E-state index in [2.05, 4.69) is 20.7 Å². The maximum Gasteiger partial charge on any atom is 0.331 e. The predicted octanol–water partition coefficient (Wildman–Crippen LogP) is 3.43. The Morgan fingerprint density at radius 1 is 1.16 bits per heavy atom. The van der Waals surface area contributed by atoms with Gasteiger partial charge in [0.15, 0.2) is 0 Å². The van der Waals surface area contributed by atoms with Crippen LogP contribution in [-0.4, -0.2) is 61.9 Å². The molecule has 1 saturated heterocycles. The van der Waals surface area contributed by atoms with E-state index < -0.39 is 13.4 Å². The van der Waals surface area contributed by atoms with Crippen LogP contribution in [-0.2, 0) is 29.8 Å². The highest BCUT2D eigenvalue weighted by Gasteiger charge is 2.34. The third-order valence-electron chi connectivity index (χ3n) is 5.47. The fraction of sp³-hybridized carbons (Fsp3) is 0.682. The van der Waals surface area contributed by atoms with Crippen LogP contribution in [0.2, 0.25) is 0 Å². The van der Waals surface area contributed by atoms with Crippen LogP contribution in [0.25, 0.3) is 0 Å². The van der Waals surface area contributed by atoms with Crippen molar-refractivity contribution in [3.8, 4) is 0 Å². The number of piperidine rings is 1. The van der Waals surface area contributed by atoms with E-state index in [0.29, 0.717) is 38.9 Å². The maximum absolute atomic E-state index is 12.7. The van der Waals surface area contributed by atoms with E-state index >= 15 is 0 Å². The molecule has 1 aromatic carbocycles. The summed E-state index contributed by atoms with van der Waals surface area (Å²) in [6.07, 6.45) is 4.26. The highest BCUT2D eigenvalue weighted by molar-refractivity contribution is 7.53. The molecule has 32 heavy (non-hydrogen) atoms. The second-order valence-corrected chi connectivity index (χ2v) is 9.89. The average molecular weight is 469 g/mol. The van der Waals surface area contributed by atoms with Crippen LogP contribution in [0, 0.1) is 0 Å². The summed E-state index contributed by atoms with van der Waals surface area (Å²) in [6.45, 7) is 9.13. The minimum Gasteiger partial charge on any atom is -0.337 e. The minimum absolute atomic E-state index is 0.182. The number of isocyanates is 1. The van der Waals surface area contributed by atoms with Crippen molar-refractivity contribution in [2.45, 2.75) is 58.5 Å². The topological polar surface area (TPSA) is 101 Å². The highest BCUT2D eigenvalue weighted by atomic mass is 31.2. The standard InChI is InChI=1S/C22H37N4O5P/c1-4-22(25-23-19-27,29-18-20-10-8-7-9-11-20)24-21-12-14-26(15-13-21)16-17-32(28,30-5-2)31-6-3/h7-11,21,24-25H,4-6,12-18H2,1-3H3. The van der Waals surface area contributed by atoms with Crippen molar-refractivity contribution < 1.29 is 23.1 Å². The first-order valence-electron chi connectivity index (χ1n) is 11.4. The second-order valence-electron chi connectivity index (χ2n) is 7.70. The average Bonchev–Trinajstić information content (AvgIpc) is 2.81. The molecule has 10 heteroatoms. The first kappa shape index (κ1) is 26.7. The van der Waals surface area contributed by atoms with Gasteiger partial charge in [0.2, 0.25) is 5.85 Å². The Morgan fingerprint density at radius 2 is 1.81 bits per heavy atom. The Morgan fingerprint density at radius 3 is 2.38 bits per heavy atom. The summed E-state index contributed by atoms with van der Waals surface area (Å²) in [4.78, 5) is 13.0. The first-order chi connectivity index (χ1) is 15.5. The molecule has 0 amide bonds. The van der Waals surface area contributed by atoms with Gasteiger partial charge in [-0.2, -0.15) is 0 Å². The van der Waals surface area contributed by atoms with Crippen LogP contribution in [0.15, 0.2) is 35.4 Å². The molecule has 2 N–H and O–H groups in total. The molecule has 0 bridgehead atoms. The summed E-state index contributed by atoms with van der Waals surface area (Å²) < 4.78 is 29.6. The first-order valence-corrected chi connectivity index (χ1v) is 13.1. The number of hydrogen-bond acceptors (Lipinski definition) is 9. The van der Waals surface area contributed by atoms with Crippen LogP contribution < -0.4 is 10.7 Å². The zero-order valence-corrected chi connectivity index (χ0v) is 20.3. The summed E-state index contributed by atoms with van der Waals surface area (Å²) in [7, 11) is -3.03. The number of nitrogens with zero attached hydrogens (tertiary/aromatic N) is 2. The molecule has 1 heterocycles. The number of carbonyl (C=O) groups excluding carboxylic acids is 1. The number of ether oxygens (including phenoxy) is 1. The van der Waals surface area contributed by atoms with Gasteiger partial charge in [0.1, 0.15) is 0 Å². The molecule has 1 unspecified atom stereocenters. The van der Waals surface area contributed by atoms with Crippen molar-refractivity contribution in [3.63, 3.8) is 0 Å². The Kier molecular flexibility index (Phi) is 11.6. The van der Waals surface area contributed by atoms with E-state index in [9.17, 15) is 9.36 Å². The molecule has 0 radical (unpaired) electrons. The largest absolute Gasteiger partial charge is 0.337 e. The summed E-state index contributed by atoms with van der Waals surface area (Å²) in [5, 5.41) is 7.11. The number of benzene rings is 1. The molecule has 2 rings (SSSR count). The lowest BCUT2D eigenvalue weighted by molar-refractivity contribution is -0.118. The van der Waals surface area contributed by atoms with Gasteiger partial charge in [-0.15, -0.1) is 0 Å². The van der Waals surface area contributed by atoms with Gasteiger partial charge < -0.3 is 18.7 Å². The molecule has 1 fully saturated rings. The molecule has 0 aliphatic carbocycles. The van der Waals surface area contributed by atoms with Crippen LogP contribution in [0.5, 0.6) is 0 Å². The van der Waals surface area contributed by atoms with E-state index in [1.165, 1.54) is 6.08 Å². The number of hydrazone groups is 1. The third-order valence-corrected chi connectivity index (χ3v) is 7.53. The normalized spacial score (nSPS) is 17.5. The molecule has 0 saturated carbocycles. The summed E-state index contributed by atoms with van der Waals surface area (Å²) >= 11 is 0. The van der Waals surface area contributed by atoms with Crippen molar-refractivity contribution in [1.29, 1.82) is 0 Å². The van der Waals surface area contributed by atoms with E-state index in [-0.39, 0.29) is 6.04 Å². The number of nitrogens with one attached hydrogen (secondary N) is 2. The highest BCUT2D eigenvalue weighted by Crippen LogP contribution is 2.47. The van der Waals surface area contributed by atoms with Crippen molar-refractivity contribution in [3.05, 3.63) is 35.9 Å². The minimum atomic E-state index is -3.03. The summed E-state index contributed by atoms with van der Waals surface area (Å²) in [5.41, 5.74) is 3.85. The number of hydrogen-bond donors (Lipinski definition) is 2. The van der Waals surface area contributed by atoms with E-state index in [4.69, 9.17) is 13.8 Å². The van der Waals surface area contributed by atoms with Crippen LogP contribution in [0.3, 0.4) is 0 Å². The predicted molar refractivity (Wildman–Crippen MR) is 124 cm³/mol. The van der Waals surface area contributed by atoms with Crippen molar-refractivity contribution in [2.24, 2.45) is 5.10 Å². The van der Waals surface area contributed by atoms with Gasteiger partial charge in [-0.05, 0) is 45.3 Å². The molecular formula is C22H37N4O5P. The second kappa shape index (κ2) is 13.9. The zero-order valence-electron chi connectivity index (χ0n) is 19.4. The Bertz CT molecular complexity index is 744. The van der Waals surface area contributed by atoms with E-state index in [1.54, 1.807) is 0 Å². The molecule has 9 nitrogen and oxygen atoms in total. The lowest BCUT2D eigenvalue weighted by atomic mass is 10.0. The molecule has 1 atom stereocenters. The third kappa shape index (κ3) is 8.75. The van der Waals surface area contributed by atoms with E-state index in [1.807, 2.05) is 51.1 Å². The lowest BCUT2D eigenvalue weighted by Crippen LogP contribution is -2.61. The van der Waals surface area contributed by atoms with Gasteiger partial charge in [-0.25, -0.2) is 4.79 Å². The quantitative estimate of drug-likeness (QED) is 0.133. The molecular weight excluding hydrogens is 431 g/mol. The van der Waals surface area contributed by atoms with Crippen molar-refractivity contribution in [1.82, 2.24) is 15.6 Å². The van der Waals surface area contributed by atoms with Gasteiger partial charge in [-0.1, -0.05) is 42.4 Å². The Labute approximate surface area is 191 Å². The van der Waals surface area contributed by atoms with Crippen LogP contribution in [0.1, 0.15) is 45.6 Å². The number of likely N-dealkylation sites (tertiary alicyclic amines) is 1. The maximum atomic E-state index is 12.7. The Balaban J connectivity index is 1.90. The van der Waals surface area contributed by atoms with Gasteiger partial charge in [0, 0.05) is 19.0 Å². The fourth-order valence-electron chi connectivity index (χ4n) is 3.74. The lowest BCUT2D eigenvalue weighted by Gasteiger charge is -2.40. The van der Waals surface area contributed by atoms with Crippen molar-refractivity contribution in [2.75, 3.05) is 39.0 Å². The van der Waals surface area contributed by atoms with Gasteiger partial charge >= 0.3 is 7.60 Å². The van der Waals surface area contributed by atoms with Crippen LogP contribution in [0.4, 0.5) is 0 Å².